The van der Waals surface area contributed by atoms with E-state index in [-0.39, 0.29) is 46.1 Å². The number of nitro benzene ring substituents is 1. The van der Waals surface area contributed by atoms with Crippen molar-refractivity contribution in [2.75, 3.05) is 31.2 Å². The van der Waals surface area contributed by atoms with Gasteiger partial charge >= 0.3 is 0 Å². The van der Waals surface area contributed by atoms with E-state index in [1.165, 1.54) is 24.3 Å². The fourth-order valence-electron chi connectivity index (χ4n) is 2.52. The molecular weight excluding hydrogens is 540 g/mol. The van der Waals surface area contributed by atoms with Crippen LogP contribution in [0.15, 0.2) is 52.4 Å². The third-order valence-corrected chi connectivity index (χ3v) is 5.11. The Morgan fingerprint density at radius 2 is 1.81 bits per heavy atom. The fourth-order valence-corrected chi connectivity index (χ4v) is 3.16. The zero-order valence-corrected chi connectivity index (χ0v) is 20.2. The second kappa shape index (κ2) is 12.4. The lowest BCUT2D eigenvalue weighted by atomic mass is 10.2. The molecule has 9 nitrogen and oxygen atoms in total. The van der Waals surface area contributed by atoms with Crippen LogP contribution in [-0.4, -0.2) is 45.2 Å². The van der Waals surface area contributed by atoms with Gasteiger partial charge in [0.25, 0.3) is 5.69 Å². The molecule has 0 saturated heterocycles. The van der Waals surface area contributed by atoms with Crippen LogP contribution in [0.25, 0.3) is 0 Å². The monoisotopic (exact) mass is 565 g/mol. The Hall–Kier alpha value is -2.48. The summed E-state index contributed by atoms with van der Waals surface area (Å²) in [4.78, 5) is 14.9. The summed E-state index contributed by atoms with van der Waals surface area (Å²) in [6.07, 6.45) is 0.997. The molecule has 2 rings (SSSR count). The Kier molecular flexibility index (Phi) is 10.6. The number of sulfone groups is 1. The molecule has 0 saturated carbocycles. The third kappa shape index (κ3) is 8.65. The summed E-state index contributed by atoms with van der Waals surface area (Å²) >= 11 is 0. The Morgan fingerprint density at radius 3 is 2.39 bits per heavy atom. The van der Waals surface area contributed by atoms with Crippen molar-refractivity contribution in [2.45, 2.75) is 18.4 Å². The van der Waals surface area contributed by atoms with E-state index in [0.717, 1.165) is 17.9 Å². The Bertz CT molecular complexity index is 1020. The van der Waals surface area contributed by atoms with Gasteiger partial charge in [-0.3, -0.25) is 10.1 Å². The highest BCUT2D eigenvalue weighted by Gasteiger charge is 2.18. The van der Waals surface area contributed by atoms with E-state index in [1.54, 1.807) is 12.1 Å². The summed E-state index contributed by atoms with van der Waals surface area (Å²) in [6, 6.07) is 9.80. The molecular formula is C19H25FIN5O4S. The maximum absolute atomic E-state index is 13.0. The summed E-state index contributed by atoms with van der Waals surface area (Å²) in [7, 11) is -3.54. The van der Waals surface area contributed by atoms with Crippen LogP contribution < -0.4 is 16.0 Å². The fraction of sp³-hybridized carbons (Fsp3) is 0.316. The second-order valence-electron chi connectivity index (χ2n) is 6.38. The van der Waals surface area contributed by atoms with Gasteiger partial charge in [-0.1, -0.05) is 12.1 Å². The van der Waals surface area contributed by atoms with Crippen LogP contribution in [0, 0.1) is 15.9 Å². The molecule has 2 aromatic rings. The number of rotatable bonds is 9. The van der Waals surface area contributed by atoms with Crippen molar-refractivity contribution in [3.63, 3.8) is 0 Å². The molecule has 0 aliphatic carbocycles. The predicted molar refractivity (Wildman–Crippen MR) is 129 cm³/mol. The molecule has 2 aromatic carbocycles. The average Bonchev–Trinajstić information content (AvgIpc) is 2.69. The Morgan fingerprint density at radius 1 is 1.13 bits per heavy atom. The number of nitrogens with zero attached hydrogens (tertiary/aromatic N) is 2. The van der Waals surface area contributed by atoms with E-state index >= 15 is 0 Å². The van der Waals surface area contributed by atoms with Crippen LogP contribution in [0.4, 0.5) is 15.8 Å². The number of nitro groups is 1. The van der Waals surface area contributed by atoms with Crippen LogP contribution in [-0.2, 0) is 16.4 Å². The van der Waals surface area contributed by atoms with Gasteiger partial charge in [0.1, 0.15) is 11.5 Å². The van der Waals surface area contributed by atoms with Gasteiger partial charge < -0.3 is 16.0 Å². The van der Waals surface area contributed by atoms with Crippen molar-refractivity contribution in [1.82, 2.24) is 10.6 Å². The van der Waals surface area contributed by atoms with Gasteiger partial charge in [-0.2, -0.15) is 0 Å². The number of benzene rings is 2. The van der Waals surface area contributed by atoms with Crippen molar-refractivity contribution in [3.8, 4) is 0 Å². The maximum atomic E-state index is 13.0. The van der Waals surface area contributed by atoms with E-state index in [4.69, 9.17) is 0 Å². The van der Waals surface area contributed by atoms with E-state index in [0.29, 0.717) is 32.1 Å². The number of hydrogen-bond acceptors (Lipinski definition) is 6. The number of halogens is 2. The first-order chi connectivity index (χ1) is 14.2. The van der Waals surface area contributed by atoms with Gasteiger partial charge in [0.05, 0.1) is 16.4 Å². The Labute approximate surface area is 197 Å². The largest absolute Gasteiger partial charge is 0.378 e. The standard InChI is InChI=1S/C19H24FN5O4S.HI/c1-3-21-19(24-13-14-4-6-15(20)7-5-14)23-11-10-22-17-9-8-16(30(2,28)29)12-18(17)25(26)27;/h4-9,12,22H,3,10-11,13H2,1-2H3,(H2,21,23,24);1H. The number of hydrogen-bond donors (Lipinski definition) is 3. The van der Waals surface area contributed by atoms with Gasteiger partial charge in [0, 0.05) is 32.0 Å². The molecule has 0 bridgehead atoms. The molecule has 0 spiro atoms. The first kappa shape index (κ1) is 26.6. The molecule has 0 aliphatic rings. The van der Waals surface area contributed by atoms with Gasteiger partial charge in [0.15, 0.2) is 15.8 Å². The van der Waals surface area contributed by atoms with Crippen LogP contribution in [0.5, 0.6) is 0 Å². The van der Waals surface area contributed by atoms with Crippen molar-refractivity contribution in [2.24, 2.45) is 4.99 Å². The highest BCUT2D eigenvalue weighted by atomic mass is 127. The van der Waals surface area contributed by atoms with Crippen molar-refractivity contribution in [3.05, 3.63) is 64.0 Å². The van der Waals surface area contributed by atoms with Crippen molar-refractivity contribution < 1.29 is 17.7 Å². The quantitative estimate of drug-likeness (QED) is 0.107. The lowest BCUT2D eigenvalue weighted by Crippen LogP contribution is -2.39. The van der Waals surface area contributed by atoms with Crippen LogP contribution in [0.1, 0.15) is 12.5 Å². The number of anilines is 1. The first-order valence-electron chi connectivity index (χ1n) is 9.19. The average molecular weight is 565 g/mol. The third-order valence-electron chi connectivity index (χ3n) is 4.00. The molecule has 0 aliphatic heterocycles. The minimum Gasteiger partial charge on any atom is -0.378 e. The highest BCUT2D eigenvalue weighted by molar-refractivity contribution is 14.0. The van der Waals surface area contributed by atoms with Crippen molar-refractivity contribution in [1.29, 1.82) is 0 Å². The molecule has 31 heavy (non-hydrogen) atoms. The summed E-state index contributed by atoms with van der Waals surface area (Å²) in [5, 5.41) is 20.4. The van der Waals surface area contributed by atoms with E-state index in [2.05, 4.69) is 20.9 Å². The lowest BCUT2D eigenvalue weighted by molar-refractivity contribution is -0.384. The smallest absolute Gasteiger partial charge is 0.293 e. The lowest BCUT2D eigenvalue weighted by Gasteiger charge is -2.13. The van der Waals surface area contributed by atoms with Gasteiger partial charge in [-0.05, 0) is 36.8 Å². The van der Waals surface area contributed by atoms with E-state index in [9.17, 15) is 22.9 Å². The number of guanidine groups is 1. The molecule has 0 fully saturated rings. The summed E-state index contributed by atoms with van der Waals surface area (Å²) in [5.41, 5.74) is 0.769. The molecule has 170 valence electrons. The number of nitrogens with one attached hydrogen (secondary N) is 3. The van der Waals surface area contributed by atoms with Crippen LogP contribution in [0.2, 0.25) is 0 Å². The minimum atomic E-state index is -3.54. The summed E-state index contributed by atoms with van der Waals surface area (Å²) in [5.74, 6) is 0.239. The first-order valence-corrected chi connectivity index (χ1v) is 11.1. The number of aliphatic imine (C=N–C) groups is 1. The second-order valence-corrected chi connectivity index (χ2v) is 8.40. The summed E-state index contributed by atoms with van der Waals surface area (Å²) < 4.78 is 36.2. The van der Waals surface area contributed by atoms with E-state index in [1.807, 2.05) is 6.92 Å². The predicted octanol–water partition coefficient (Wildman–Crippen LogP) is 2.92. The normalized spacial score (nSPS) is 11.4. The van der Waals surface area contributed by atoms with Gasteiger partial charge in [0.2, 0.25) is 0 Å². The van der Waals surface area contributed by atoms with Gasteiger partial charge in [-0.25, -0.2) is 17.8 Å². The minimum absolute atomic E-state index is 0. The molecule has 12 heteroatoms. The molecule has 3 N–H and O–H groups in total. The molecule has 0 radical (unpaired) electrons. The van der Waals surface area contributed by atoms with E-state index < -0.39 is 14.8 Å². The molecule has 0 aromatic heterocycles. The molecule has 0 unspecified atom stereocenters. The van der Waals surface area contributed by atoms with Crippen LogP contribution >= 0.6 is 24.0 Å². The topological polar surface area (TPSA) is 126 Å². The molecule has 0 heterocycles. The van der Waals surface area contributed by atoms with Crippen LogP contribution in [0.3, 0.4) is 0 Å². The zero-order valence-electron chi connectivity index (χ0n) is 17.1. The molecule has 0 atom stereocenters. The highest BCUT2D eigenvalue weighted by Crippen LogP contribution is 2.27. The SMILES string of the molecule is CCNC(=NCc1ccc(F)cc1)NCCNc1ccc(S(C)(=O)=O)cc1[N+](=O)[O-].I. The maximum Gasteiger partial charge on any atom is 0.293 e. The molecule has 0 amide bonds. The zero-order chi connectivity index (χ0) is 22.1. The van der Waals surface area contributed by atoms with Crippen molar-refractivity contribution >= 4 is 51.1 Å². The van der Waals surface area contributed by atoms with Gasteiger partial charge in [-0.15, -0.1) is 24.0 Å². The Balaban J connectivity index is 0.00000480. The summed E-state index contributed by atoms with van der Waals surface area (Å²) in [6.45, 7) is 3.66.